The van der Waals surface area contributed by atoms with Crippen molar-refractivity contribution in [1.29, 1.82) is 5.26 Å². The lowest BCUT2D eigenvalue weighted by molar-refractivity contribution is 0.0696. The molecule has 96 valence electrons. The maximum atomic E-state index is 11.8. The molecule has 1 unspecified atom stereocenters. The summed E-state index contributed by atoms with van der Waals surface area (Å²) in [7, 11) is -3.83. The fourth-order valence-corrected chi connectivity index (χ4v) is 2.34. The van der Waals surface area contributed by atoms with Crippen LogP contribution in [0.2, 0.25) is 0 Å². The average molecular weight is 269 g/mol. The van der Waals surface area contributed by atoms with Crippen molar-refractivity contribution in [2.75, 3.05) is 0 Å². The van der Waals surface area contributed by atoms with E-state index in [9.17, 15) is 13.2 Å². The molecule has 0 spiro atoms. The minimum absolute atomic E-state index is 0.0342. The fraction of sp³-hybridized carbons (Fsp3) is 0.300. The number of carbonyl (C=O) groups is 1. The van der Waals surface area contributed by atoms with Crippen LogP contribution < -0.4 is 4.72 Å². The van der Waals surface area contributed by atoms with E-state index in [2.05, 4.69) is 9.71 Å². The van der Waals surface area contributed by atoms with Crippen LogP contribution in [-0.2, 0) is 10.0 Å². The third kappa shape index (κ3) is 3.51. The highest BCUT2D eigenvalue weighted by atomic mass is 32.2. The lowest BCUT2D eigenvalue weighted by Gasteiger charge is -2.10. The third-order valence-electron chi connectivity index (χ3n) is 2.01. The number of rotatable bonds is 5. The molecule has 8 heteroatoms. The summed E-state index contributed by atoms with van der Waals surface area (Å²) in [6.45, 7) is 1.55. The van der Waals surface area contributed by atoms with Gasteiger partial charge < -0.3 is 5.11 Å². The van der Waals surface area contributed by atoms with E-state index in [1.807, 2.05) is 6.07 Å². The Morgan fingerprint density at radius 2 is 2.28 bits per heavy atom. The maximum absolute atomic E-state index is 11.8. The predicted molar refractivity (Wildman–Crippen MR) is 61.2 cm³/mol. The molecule has 1 heterocycles. The summed E-state index contributed by atoms with van der Waals surface area (Å²) in [5.41, 5.74) is -0.0981. The standard InChI is InChI=1S/C10H11N3O4S/c1-7(4-5-11)13-18(16,17)9-3-2-8(6-12-9)10(14)15/h2-3,6-7,13H,4H2,1H3,(H,14,15). The zero-order valence-corrected chi connectivity index (χ0v) is 10.3. The Kier molecular flexibility index (Phi) is 4.36. The number of carboxylic acids is 1. The number of sulfonamides is 1. The smallest absolute Gasteiger partial charge is 0.337 e. The number of carboxylic acid groups (broad SMARTS) is 1. The van der Waals surface area contributed by atoms with E-state index >= 15 is 0 Å². The summed E-state index contributed by atoms with van der Waals surface area (Å²) < 4.78 is 25.8. The van der Waals surface area contributed by atoms with Crippen LogP contribution in [0, 0.1) is 11.3 Å². The van der Waals surface area contributed by atoms with Crippen LogP contribution in [0.4, 0.5) is 0 Å². The van der Waals surface area contributed by atoms with E-state index in [0.29, 0.717) is 0 Å². The molecule has 18 heavy (non-hydrogen) atoms. The summed E-state index contributed by atoms with van der Waals surface area (Å²) in [4.78, 5) is 14.2. The minimum Gasteiger partial charge on any atom is -0.478 e. The number of aromatic nitrogens is 1. The van der Waals surface area contributed by atoms with Gasteiger partial charge in [0.05, 0.1) is 18.1 Å². The third-order valence-corrected chi connectivity index (χ3v) is 3.52. The quantitative estimate of drug-likeness (QED) is 0.796. The Bertz CT molecular complexity index is 574. The van der Waals surface area contributed by atoms with E-state index < -0.39 is 22.0 Å². The molecular formula is C10H11N3O4S. The highest BCUT2D eigenvalue weighted by Gasteiger charge is 2.19. The second-order valence-corrected chi connectivity index (χ2v) is 5.24. The van der Waals surface area contributed by atoms with Gasteiger partial charge in [-0.3, -0.25) is 0 Å². The molecule has 7 nitrogen and oxygen atoms in total. The molecule has 0 amide bonds. The molecule has 1 rings (SSSR count). The lowest BCUT2D eigenvalue weighted by Crippen LogP contribution is -2.32. The van der Waals surface area contributed by atoms with Crippen molar-refractivity contribution in [2.24, 2.45) is 0 Å². The molecule has 1 aromatic heterocycles. The van der Waals surface area contributed by atoms with E-state index in [-0.39, 0.29) is 17.0 Å². The monoisotopic (exact) mass is 269 g/mol. The van der Waals surface area contributed by atoms with E-state index in [1.165, 1.54) is 0 Å². The van der Waals surface area contributed by atoms with Crippen molar-refractivity contribution in [3.05, 3.63) is 23.9 Å². The normalized spacial score (nSPS) is 12.7. The van der Waals surface area contributed by atoms with Crippen LogP contribution in [-0.4, -0.2) is 30.5 Å². The summed E-state index contributed by atoms with van der Waals surface area (Å²) in [5, 5.41) is 16.8. The van der Waals surface area contributed by atoms with Gasteiger partial charge in [-0.15, -0.1) is 0 Å². The first-order chi connectivity index (χ1) is 8.36. The largest absolute Gasteiger partial charge is 0.478 e. The Morgan fingerprint density at radius 3 is 2.72 bits per heavy atom. The summed E-state index contributed by atoms with van der Waals surface area (Å²) in [6, 6.07) is 3.55. The number of hydrogen-bond acceptors (Lipinski definition) is 5. The molecule has 0 radical (unpaired) electrons. The summed E-state index contributed by atoms with van der Waals surface area (Å²) >= 11 is 0. The first kappa shape index (κ1) is 14.1. The van der Waals surface area contributed by atoms with Crippen molar-refractivity contribution < 1.29 is 18.3 Å². The van der Waals surface area contributed by atoms with Gasteiger partial charge in [0.25, 0.3) is 10.0 Å². The van der Waals surface area contributed by atoms with Gasteiger partial charge in [-0.05, 0) is 19.1 Å². The fourth-order valence-electron chi connectivity index (χ4n) is 1.17. The number of aromatic carboxylic acids is 1. The first-order valence-electron chi connectivity index (χ1n) is 4.95. The zero-order valence-electron chi connectivity index (χ0n) is 9.49. The minimum atomic E-state index is -3.83. The van der Waals surface area contributed by atoms with Gasteiger partial charge >= 0.3 is 5.97 Å². The van der Waals surface area contributed by atoms with Crippen LogP contribution in [0.1, 0.15) is 23.7 Å². The molecule has 0 fully saturated rings. The average Bonchev–Trinajstić information content (AvgIpc) is 2.28. The van der Waals surface area contributed by atoms with Crippen LogP contribution in [0.25, 0.3) is 0 Å². The number of nitrogens with zero attached hydrogens (tertiary/aromatic N) is 2. The van der Waals surface area contributed by atoms with Gasteiger partial charge in [-0.25, -0.2) is 22.9 Å². The topological polar surface area (TPSA) is 120 Å². The van der Waals surface area contributed by atoms with Crippen molar-refractivity contribution in [2.45, 2.75) is 24.4 Å². The predicted octanol–water partition coefficient (Wildman–Crippen LogP) is 0.360. The SMILES string of the molecule is CC(CC#N)NS(=O)(=O)c1ccc(C(=O)O)cn1. The van der Waals surface area contributed by atoms with Gasteiger partial charge in [0.15, 0.2) is 5.03 Å². The molecule has 0 saturated heterocycles. The second kappa shape index (κ2) is 5.57. The molecule has 1 aromatic rings. The van der Waals surface area contributed by atoms with E-state index in [0.717, 1.165) is 18.3 Å². The van der Waals surface area contributed by atoms with Crippen molar-refractivity contribution in [3.63, 3.8) is 0 Å². The number of hydrogen-bond donors (Lipinski definition) is 2. The Balaban J connectivity index is 2.92. The molecule has 0 saturated carbocycles. The van der Waals surface area contributed by atoms with Gasteiger partial charge in [0, 0.05) is 12.2 Å². The van der Waals surface area contributed by atoms with Gasteiger partial charge in [0.1, 0.15) is 0 Å². The molecule has 0 aliphatic rings. The second-order valence-electron chi connectivity index (χ2n) is 3.57. The molecular weight excluding hydrogens is 258 g/mol. The molecule has 2 N–H and O–H groups in total. The van der Waals surface area contributed by atoms with Crippen molar-refractivity contribution in [1.82, 2.24) is 9.71 Å². The van der Waals surface area contributed by atoms with E-state index in [1.54, 1.807) is 6.92 Å². The van der Waals surface area contributed by atoms with Gasteiger partial charge in [-0.1, -0.05) is 0 Å². The lowest BCUT2D eigenvalue weighted by atomic mass is 10.3. The van der Waals surface area contributed by atoms with Crippen molar-refractivity contribution >= 4 is 16.0 Å². The van der Waals surface area contributed by atoms with Crippen LogP contribution >= 0.6 is 0 Å². The number of pyridine rings is 1. The molecule has 0 bridgehead atoms. The van der Waals surface area contributed by atoms with Crippen LogP contribution in [0.15, 0.2) is 23.4 Å². The Hall–Kier alpha value is -1.98. The number of nitrogens with one attached hydrogen (secondary N) is 1. The van der Waals surface area contributed by atoms with Gasteiger partial charge in [-0.2, -0.15) is 5.26 Å². The van der Waals surface area contributed by atoms with Crippen molar-refractivity contribution in [3.8, 4) is 6.07 Å². The zero-order chi connectivity index (χ0) is 13.8. The van der Waals surface area contributed by atoms with Crippen LogP contribution in [0.5, 0.6) is 0 Å². The molecule has 0 aromatic carbocycles. The van der Waals surface area contributed by atoms with E-state index in [4.69, 9.17) is 10.4 Å². The highest BCUT2D eigenvalue weighted by molar-refractivity contribution is 7.89. The highest BCUT2D eigenvalue weighted by Crippen LogP contribution is 2.08. The first-order valence-corrected chi connectivity index (χ1v) is 6.44. The number of nitriles is 1. The summed E-state index contributed by atoms with van der Waals surface area (Å²) in [5.74, 6) is -1.18. The Labute approximate surface area is 104 Å². The Morgan fingerprint density at radius 1 is 1.61 bits per heavy atom. The molecule has 0 aliphatic heterocycles. The van der Waals surface area contributed by atoms with Gasteiger partial charge in [0.2, 0.25) is 0 Å². The molecule has 0 aliphatic carbocycles. The maximum Gasteiger partial charge on any atom is 0.337 e. The van der Waals surface area contributed by atoms with Crippen LogP contribution in [0.3, 0.4) is 0 Å². The molecule has 1 atom stereocenters. The summed E-state index contributed by atoms with van der Waals surface area (Å²) in [6.07, 6.45) is 0.998.